The molecule has 0 saturated carbocycles. The van der Waals surface area contributed by atoms with Gasteiger partial charge >= 0.3 is 0 Å². The van der Waals surface area contributed by atoms with Gasteiger partial charge in [0.25, 0.3) is 0 Å². The van der Waals surface area contributed by atoms with Gasteiger partial charge in [0.15, 0.2) is 0 Å². The van der Waals surface area contributed by atoms with Gasteiger partial charge in [-0.15, -0.1) is 0 Å². The Hall–Kier alpha value is -3.81. The molecule has 36 heavy (non-hydrogen) atoms. The number of amides is 2. The third kappa shape index (κ3) is 2.96. The number of ketones is 2. The highest BCUT2D eigenvalue weighted by atomic mass is 35.5. The van der Waals surface area contributed by atoms with Crippen molar-refractivity contribution in [3.05, 3.63) is 94.5 Å². The fourth-order valence-electron chi connectivity index (χ4n) is 5.58. The lowest BCUT2D eigenvalue weighted by molar-refractivity contribution is -0.127. The van der Waals surface area contributed by atoms with Crippen LogP contribution in [0, 0.1) is 11.8 Å². The number of imide groups is 1. The van der Waals surface area contributed by atoms with Crippen molar-refractivity contribution in [1.82, 2.24) is 0 Å². The lowest BCUT2D eigenvalue weighted by Crippen LogP contribution is -2.51. The summed E-state index contributed by atoms with van der Waals surface area (Å²) in [6.07, 6.45) is -0.985. The minimum absolute atomic E-state index is 0.193. The molecule has 1 aliphatic carbocycles. The van der Waals surface area contributed by atoms with Crippen molar-refractivity contribution in [3.8, 4) is 5.75 Å². The highest BCUT2D eigenvalue weighted by Gasteiger charge is 2.74. The number of anilines is 1. The van der Waals surface area contributed by atoms with E-state index in [9.17, 15) is 19.2 Å². The molecule has 8 heteroatoms. The standard InChI is InChI=1S/C28H20ClNO6/c1-2-35-18-13-7-15(8-14-18)23-21-22(27(34)30(26(21)33)17-11-9-16(29)10-12-17)28(36-23)24(31)19-5-3-4-6-20(19)25(28)32/h3-14,21-23H,2H2,1H3/t21-,22-,23+/m1/s1. The van der Waals surface area contributed by atoms with Crippen molar-refractivity contribution in [2.75, 3.05) is 11.5 Å². The van der Waals surface area contributed by atoms with Gasteiger partial charge in [-0.3, -0.25) is 19.2 Å². The summed E-state index contributed by atoms with van der Waals surface area (Å²) in [6.45, 7) is 2.35. The maximum atomic E-state index is 13.9. The number of nitrogens with zero attached hydrogens (tertiary/aromatic N) is 1. The lowest BCUT2D eigenvalue weighted by atomic mass is 9.77. The van der Waals surface area contributed by atoms with Crippen molar-refractivity contribution < 1.29 is 28.7 Å². The Balaban J connectivity index is 1.50. The quantitative estimate of drug-likeness (QED) is 0.388. The zero-order valence-electron chi connectivity index (χ0n) is 19.1. The molecule has 2 heterocycles. The van der Waals surface area contributed by atoms with Crippen molar-refractivity contribution in [2.24, 2.45) is 11.8 Å². The zero-order chi connectivity index (χ0) is 25.2. The Morgan fingerprint density at radius 2 is 1.47 bits per heavy atom. The van der Waals surface area contributed by atoms with Crippen LogP contribution >= 0.6 is 11.6 Å². The molecule has 1 spiro atoms. The van der Waals surface area contributed by atoms with Gasteiger partial charge in [-0.2, -0.15) is 0 Å². The average molecular weight is 502 g/mol. The number of benzene rings is 3. The van der Waals surface area contributed by atoms with Gasteiger partial charge < -0.3 is 9.47 Å². The van der Waals surface area contributed by atoms with Gasteiger partial charge in [-0.1, -0.05) is 48.0 Å². The van der Waals surface area contributed by atoms with Crippen molar-refractivity contribution in [3.63, 3.8) is 0 Å². The number of carbonyl (C=O) groups is 4. The van der Waals surface area contributed by atoms with E-state index < -0.39 is 46.9 Å². The van der Waals surface area contributed by atoms with E-state index in [0.717, 1.165) is 4.90 Å². The minimum atomic E-state index is -2.11. The molecule has 6 rings (SSSR count). The number of halogens is 1. The van der Waals surface area contributed by atoms with E-state index in [4.69, 9.17) is 21.1 Å². The van der Waals surface area contributed by atoms with E-state index >= 15 is 0 Å². The predicted molar refractivity (Wildman–Crippen MR) is 130 cm³/mol. The van der Waals surface area contributed by atoms with E-state index in [0.29, 0.717) is 28.6 Å². The van der Waals surface area contributed by atoms with Crippen LogP contribution in [0.4, 0.5) is 5.69 Å². The third-order valence-electron chi connectivity index (χ3n) is 7.12. The van der Waals surface area contributed by atoms with Gasteiger partial charge in [0, 0.05) is 16.1 Å². The first-order chi connectivity index (χ1) is 17.4. The van der Waals surface area contributed by atoms with Crippen LogP contribution in [0.3, 0.4) is 0 Å². The van der Waals surface area contributed by atoms with Crippen LogP contribution in [0.2, 0.25) is 5.02 Å². The van der Waals surface area contributed by atoms with Gasteiger partial charge in [-0.05, 0) is 48.9 Å². The Bertz CT molecular complexity index is 1400. The Kier molecular flexibility index (Phi) is 5.10. The minimum Gasteiger partial charge on any atom is -0.494 e. The molecule has 0 aromatic heterocycles. The molecular formula is C28H20ClNO6. The second-order valence-corrected chi connectivity index (χ2v) is 9.41. The summed E-state index contributed by atoms with van der Waals surface area (Å²) in [7, 11) is 0. The number of fused-ring (bicyclic) bond motifs is 3. The molecule has 180 valence electrons. The second kappa shape index (κ2) is 8.11. The van der Waals surface area contributed by atoms with Crippen LogP contribution in [-0.4, -0.2) is 35.6 Å². The van der Waals surface area contributed by atoms with Crippen LogP contribution in [0.15, 0.2) is 72.8 Å². The monoisotopic (exact) mass is 501 g/mol. The fourth-order valence-corrected chi connectivity index (χ4v) is 5.71. The topological polar surface area (TPSA) is 90.0 Å². The molecule has 0 unspecified atom stereocenters. The maximum absolute atomic E-state index is 13.9. The van der Waals surface area contributed by atoms with Gasteiger partial charge in [0.2, 0.25) is 29.0 Å². The molecule has 3 aromatic rings. The molecule has 2 fully saturated rings. The van der Waals surface area contributed by atoms with Crippen LogP contribution in [0.25, 0.3) is 0 Å². The number of ether oxygens (including phenoxy) is 2. The van der Waals surface area contributed by atoms with E-state index in [1.54, 1.807) is 72.8 Å². The first kappa shape index (κ1) is 22.6. The molecule has 2 saturated heterocycles. The highest BCUT2D eigenvalue weighted by Crippen LogP contribution is 2.57. The van der Waals surface area contributed by atoms with Crippen molar-refractivity contribution in [1.29, 1.82) is 0 Å². The Morgan fingerprint density at radius 3 is 2.06 bits per heavy atom. The lowest BCUT2D eigenvalue weighted by Gasteiger charge is -2.27. The zero-order valence-corrected chi connectivity index (χ0v) is 19.9. The normalized spacial score (nSPS) is 23.9. The number of hydrogen-bond acceptors (Lipinski definition) is 6. The van der Waals surface area contributed by atoms with E-state index in [1.807, 2.05) is 6.92 Å². The van der Waals surface area contributed by atoms with Gasteiger partial charge in [0.05, 0.1) is 30.2 Å². The SMILES string of the molecule is CCOc1ccc([C@@H]2OC3(C(=O)c4ccccc4C3=O)[C@H]3C(=O)N(c4ccc(Cl)cc4)C(=O)[C@@H]23)cc1. The number of carbonyl (C=O) groups excluding carboxylic acids is 4. The molecule has 0 N–H and O–H groups in total. The van der Waals surface area contributed by atoms with Crippen LogP contribution in [0.1, 0.15) is 39.3 Å². The summed E-state index contributed by atoms with van der Waals surface area (Å²) < 4.78 is 11.8. The molecule has 2 aliphatic heterocycles. The van der Waals surface area contributed by atoms with E-state index in [-0.39, 0.29) is 11.1 Å². The molecule has 2 amide bonds. The summed E-state index contributed by atoms with van der Waals surface area (Å²) in [5.74, 6) is -4.09. The molecule has 3 aromatic carbocycles. The smallest absolute Gasteiger partial charge is 0.241 e. The first-order valence-corrected chi connectivity index (χ1v) is 12.0. The van der Waals surface area contributed by atoms with Crippen molar-refractivity contribution >= 4 is 40.7 Å². The number of Topliss-reactive ketones (excluding diaryl/α,β-unsaturated/α-hetero) is 2. The van der Waals surface area contributed by atoms with Gasteiger partial charge in [0.1, 0.15) is 5.75 Å². The number of rotatable bonds is 4. The molecule has 3 atom stereocenters. The summed E-state index contributed by atoms with van der Waals surface area (Å²) >= 11 is 6.01. The van der Waals surface area contributed by atoms with Crippen molar-refractivity contribution in [2.45, 2.75) is 18.6 Å². The average Bonchev–Trinajstić information content (AvgIpc) is 3.45. The van der Waals surface area contributed by atoms with Crippen LogP contribution in [-0.2, 0) is 14.3 Å². The molecule has 0 bridgehead atoms. The molecule has 7 nitrogen and oxygen atoms in total. The molecule has 3 aliphatic rings. The second-order valence-electron chi connectivity index (χ2n) is 8.97. The Morgan fingerprint density at radius 1 is 0.861 bits per heavy atom. The Labute approximate surface area is 211 Å². The molecule has 0 radical (unpaired) electrons. The highest BCUT2D eigenvalue weighted by molar-refractivity contribution is 6.37. The summed E-state index contributed by atoms with van der Waals surface area (Å²) in [6, 6.07) is 19.6. The summed E-state index contributed by atoms with van der Waals surface area (Å²) in [5.41, 5.74) is -0.829. The molecular weight excluding hydrogens is 482 g/mol. The van der Waals surface area contributed by atoms with Gasteiger partial charge in [-0.25, -0.2) is 4.90 Å². The summed E-state index contributed by atoms with van der Waals surface area (Å²) in [5, 5.41) is 0.446. The fraction of sp³-hybridized carbons (Fsp3) is 0.214. The maximum Gasteiger partial charge on any atom is 0.241 e. The third-order valence-corrected chi connectivity index (χ3v) is 7.38. The predicted octanol–water partition coefficient (Wildman–Crippen LogP) is 4.43. The van der Waals surface area contributed by atoms with Crippen LogP contribution < -0.4 is 9.64 Å². The van der Waals surface area contributed by atoms with E-state index in [2.05, 4.69) is 0 Å². The largest absolute Gasteiger partial charge is 0.494 e. The van der Waals surface area contributed by atoms with E-state index in [1.165, 1.54) is 0 Å². The summed E-state index contributed by atoms with van der Waals surface area (Å²) in [4.78, 5) is 56.2. The number of hydrogen-bond donors (Lipinski definition) is 0. The first-order valence-electron chi connectivity index (χ1n) is 11.6. The van der Waals surface area contributed by atoms with Crippen LogP contribution in [0.5, 0.6) is 5.75 Å².